The fourth-order valence-corrected chi connectivity index (χ4v) is 3.86. The van der Waals surface area contributed by atoms with Gasteiger partial charge >= 0.3 is 0 Å². The van der Waals surface area contributed by atoms with Crippen molar-refractivity contribution < 1.29 is 19.4 Å². The second-order valence-electron chi connectivity index (χ2n) is 6.26. The van der Waals surface area contributed by atoms with Crippen molar-refractivity contribution in [2.45, 2.75) is 37.9 Å². The van der Waals surface area contributed by atoms with Crippen LogP contribution in [-0.4, -0.2) is 36.0 Å². The summed E-state index contributed by atoms with van der Waals surface area (Å²) in [5, 5.41) is 9.67. The molecule has 1 N–H and O–H groups in total. The molecule has 0 spiro atoms. The molecule has 4 nitrogen and oxygen atoms in total. The summed E-state index contributed by atoms with van der Waals surface area (Å²) in [4.78, 5) is 12.1. The smallest absolute Gasteiger partial charge is 0.192 e. The van der Waals surface area contributed by atoms with Crippen LogP contribution in [-0.2, 0) is 0 Å². The lowest BCUT2D eigenvalue weighted by Crippen LogP contribution is -2.24. The van der Waals surface area contributed by atoms with Gasteiger partial charge in [-0.2, -0.15) is 12.6 Å². The zero-order chi connectivity index (χ0) is 15.7. The van der Waals surface area contributed by atoms with Gasteiger partial charge in [0.2, 0.25) is 0 Å². The van der Waals surface area contributed by atoms with Crippen molar-refractivity contribution in [2.75, 3.05) is 12.9 Å². The first kappa shape index (κ1) is 15.7. The summed E-state index contributed by atoms with van der Waals surface area (Å²) in [5.41, 5.74) is 0.431. The highest BCUT2D eigenvalue weighted by molar-refractivity contribution is 7.80. The summed E-state index contributed by atoms with van der Waals surface area (Å²) in [6.07, 6.45) is 4.01. The highest BCUT2D eigenvalue weighted by Gasteiger charge is 2.41. The van der Waals surface area contributed by atoms with Gasteiger partial charge in [-0.05, 0) is 55.7 Å². The fourth-order valence-electron chi connectivity index (χ4n) is 3.69. The number of thiol groups is 1. The van der Waals surface area contributed by atoms with Crippen molar-refractivity contribution in [1.29, 1.82) is 0 Å². The average molecular weight is 322 g/mol. The van der Waals surface area contributed by atoms with Crippen LogP contribution in [0.4, 0.5) is 0 Å². The molecule has 22 heavy (non-hydrogen) atoms. The molecule has 0 aliphatic heterocycles. The Balaban J connectivity index is 1.80. The normalized spacial score (nSPS) is 27.7. The number of Topliss-reactive ketones (excluding diaryl/α,β-unsaturated/α-hetero) is 1. The van der Waals surface area contributed by atoms with Crippen LogP contribution >= 0.6 is 12.6 Å². The van der Waals surface area contributed by atoms with Crippen molar-refractivity contribution in [1.82, 2.24) is 0 Å². The number of carbonyl (C=O) groups excluding carboxylic acids is 1. The Hall–Kier alpha value is -1.20. The fraction of sp³-hybridized carbons (Fsp3) is 0.588. The van der Waals surface area contributed by atoms with Crippen molar-refractivity contribution in [2.24, 2.45) is 11.8 Å². The third-order valence-electron chi connectivity index (χ3n) is 4.88. The third kappa shape index (κ3) is 2.97. The molecule has 3 rings (SSSR count). The molecule has 1 aromatic carbocycles. The van der Waals surface area contributed by atoms with Gasteiger partial charge in [-0.1, -0.05) is 0 Å². The summed E-state index contributed by atoms with van der Waals surface area (Å²) in [5.74, 6) is 2.40. The third-order valence-corrected chi connectivity index (χ3v) is 5.22. The number of ketones is 1. The Bertz CT molecular complexity index is 560. The summed E-state index contributed by atoms with van der Waals surface area (Å²) >= 11 is 3.97. The molecule has 0 radical (unpaired) electrons. The molecular weight excluding hydrogens is 300 g/mol. The van der Waals surface area contributed by atoms with E-state index in [1.165, 1.54) is 19.3 Å². The molecule has 5 heteroatoms. The maximum absolute atomic E-state index is 12.1. The molecular formula is C17H22O4S. The van der Waals surface area contributed by atoms with Crippen LogP contribution in [0.25, 0.3) is 0 Å². The van der Waals surface area contributed by atoms with Gasteiger partial charge in [0.15, 0.2) is 17.3 Å². The van der Waals surface area contributed by atoms with Crippen molar-refractivity contribution >= 4 is 18.4 Å². The van der Waals surface area contributed by atoms with Crippen LogP contribution in [0.5, 0.6) is 11.5 Å². The molecule has 0 heterocycles. The molecule has 2 bridgehead atoms. The van der Waals surface area contributed by atoms with Gasteiger partial charge in [0.05, 0.1) is 7.11 Å². The summed E-state index contributed by atoms with van der Waals surface area (Å²) in [6.45, 7) is 0. The molecule has 0 saturated heterocycles. The van der Waals surface area contributed by atoms with Crippen molar-refractivity contribution in [3.63, 3.8) is 0 Å². The number of benzene rings is 1. The maximum atomic E-state index is 12.1. The van der Waals surface area contributed by atoms with Gasteiger partial charge in [-0.15, -0.1) is 0 Å². The van der Waals surface area contributed by atoms with E-state index in [-0.39, 0.29) is 17.6 Å². The summed E-state index contributed by atoms with van der Waals surface area (Å²) < 4.78 is 11.5. The first-order chi connectivity index (χ1) is 10.6. The molecule has 4 unspecified atom stereocenters. The lowest BCUT2D eigenvalue weighted by molar-refractivity contribution is 0.0786. The highest BCUT2D eigenvalue weighted by atomic mass is 32.1. The Labute approximate surface area is 136 Å². The maximum Gasteiger partial charge on any atom is 0.192 e. The Morgan fingerprint density at radius 3 is 2.77 bits per heavy atom. The van der Waals surface area contributed by atoms with E-state index in [4.69, 9.17) is 9.47 Å². The SMILES string of the molecule is COc1ccc(C(=O)C(O)CS)cc1OC1CC2CCC1C2. The van der Waals surface area contributed by atoms with E-state index < -0.39 is 6.10 Å². The summed E-state index contributed by atoms with van der Waals surface area (Å²) in [6, 6.07) is 5.06. The number of ether oxygens (including phenoxy) is 2. The van der Waals surface area contributed by atoms with Crippen LogP contribution in [0.15, 0.2) is 18.2 Å². The zero-order valence-electron chi connectivity index (χ0n) is 12.7. The van der Waals surface area contributed by atoms with Crippen molar-refractivity contribution in [3.05, 3.63) is 23.8 Å². The quantitative estimate of drug-likeness (QED) is 0.624. The minimum atomic E-state index is -1.09. The second-order valence-corrected chi connectivity index (χ2v) is 6.62. The zero-order valence-corrected chi connectivity index (χ0v) is 13.6. The lowest BCUT2D eigenvalue weighted by Gasteiger charge is -2.24. The lowest BCUT2D eigenvalue weighted by atomic mass is 9.97. The molecule has 2 saturated carbocycles. The molecule has 120 valence electrons. The monoisotopic (exact) mass is 322 g/mol. The predicted octanol–water partition coefficient (Wildman–Crippen LogP) is 2.74. The van der Waals surface area contributed by atoms with Crippen molar-refractivity contribution in [3.8, 4) is 11.5 Å². The number of carbonyl (C=O) groups is 1. The van der Waals surface area contributed by atoms with Crippen LogP contribution in [0, 0.1) is 11.8 Å². The van der Waals surface area contributed by atoms with Crippen LogP contribution in [0.2, 0.25) is 0 Å². The molecule has 4 atom stereocenters. The highest BCUT2D eigenvalue weighted by Crippen LogP contribution is 2.46. The van der Waals surface area contributed by atoms with Gasteiger partial charge in [-0.3, -0.25) is 4.79 Å². The molecule has 2 aliphatic carbocycles. The average Bonchev–Trinajstić information content (AvgIpc) is 3.16. The standard InChI is InChI=1S/C17H22O4S/c1-20-14-5-4-12(17(19)13(18)9-22)8-16(14)21-15-7-10-2-3-11(15)6-10/h4-5,8,10-11,13,15,18,22H,2-3,6-7,9H2,1H3. The number of hydrogen-bond donors (Lipinski definition) is 2. The minimum Gasteiger partial charge on any atom is -0.493 e. The number of rotatable bonds is 6. The Kier molecular flexibility index (Phi) is 4.64. The topological polar surface area (TPSA) is 55.8 Å². The van der Waals surface area contributed by atoms with Crippen LogP contribution in [0.3, 0.4) is 0 Å². The summed E-state index contributed by atoms with van der Waals surface area (Å²) in [7, 11) is 1.59. The molecule has 2 fully saturated rings. The van der Waals surface area contributed by atoms with E-state index in [0.717, 1.165) is 12.3 Å². The first-order valence-electron chi connectivity index (χ1n) is 7.80. The number of hydrogen-bond acceptors (Lipinski definition) is 5. The van der Waals surface area contributed by atoms with Gasteiger partial charge in [0.1, 0.15) is 12.2 Å². The largest absolute Gasteiger partial charge is 0.493 e. The van der Waals surface area contributed by atoms with Crippen LogP contribution in [0.1, 0.15) is 36.0 Å². The number of methoxy groups -OCH3 is 1. The van der Waals surface area contributed by atoms with E-state index in [1.54, 1.807) is 25.3 Å². The van der Waals surface area contributed by atoms with E-state index >= 15 is 0 Å². The number of fused-ring (bicyclic) bond motifs is 2. The minimum absolute atomic E-state index is 0.105. The van der Waals surface area contributed by atoms with E-state index in [9.17, 15) is 9.90 Å². The first-order valence-corrected chi connectivity index (χ1v) is 8.43. The molecule has 2 aliphatic rings. The van der Waals surface area contributed by atoms with Gasteiger partial charge in [-0.25, -0.2) is 0 Å². The molecule has 1 aromatic rings. The van der Waals surface area contributed by atoms with E-state index in [1.807, 2.05) is 0 Å². The Morgan fingerprint density at radius 2 is 2.18 bits per heavy atom. The van der Waals surface area contributed by atoms with Crippen LogP contribution < -0.4 is 9.47 Å². The Morgan fingerprint density at radius 1 is 1.36 bits per heavy atom. The van der Waals surface area contributed by atoms with Gasteiger partial charge < -0.3 is 14.6 Å². The number of aliphatic hydroxyl groups is 1. The van der Waals surface area contributed by atoms with Gasteiger partial charge in [0.25, 0.3) is 0 Å². The number of aliphatic hydroxyl groups excluding tert-OH is 1. The molecule has 0 aromatic heterocycles. The predicted molar refractivity (Wildman–Crippen MR) is 87.0 cm³/mol. The van der Waals surface area contributed by atoms with Gasteiger partial charge in [0, 0.05) is 11.3 Å². The molecule has 0 amide bonds. The van der Waals surface area contributed by atoms with E-state index in [0.29, 0.717) is 23.0 Å². The second kappa shape index (κ2) is 6.50. The van der Waals surface area contributed by atoms with E-state index in [2.05, 4.69) is 12.6 Å².